The zero-order valence-electron chi connectivity index (χ0n) is 11.8. The van der Waals surface area contributed by atoms with E-state index in [4.69, 9.17) is 5.73 Å². The van der Waals surface area contributed by atoms with Gasteiger partial charge < -0.3 is 5.73 Å². The van der Waals surface area contributed by atoms with Gasteiger partial charge in [0.15, 0.2) is 0 Å². The zero-order valence-corrected chi connectivity index (χ0v) is 11.8. The molecular formula is C15H24N4. The van der Waals surface area contributed by atoms with Gasteiger partial charge in [-0.2, -0.15) is 0 Å². The largest absolute Gasteiger partial charge is 0.384 e. The molecule has 0 spiro atoms. The molecule has 3 heterocycles. The number of hydrogen-bond acceptors (Lipinski definition) is 4. The lowest BCUT2D eigenvalue weighted by Gasteiger charge is -2.47. The van der Waals surface area contributed by atoms with Gasteiger partial charge in [-0.3, -0.25) is 9.80 Å². The van der Waals surface area contributed by atoms with Gasteiger partial charge in [0.25, 0.3) is 0 Å². The molecule has 0 amide bonds. The monoisotopic (exact) mass is 260 g/mol. The van der Waals surface area contributed by atoms with E-state index in [9.17, 15) is 0 Å². The van der Waals surface area contributed by atoms with Crippen molar-refractivity contribution in [1.29, 1.82) is 0 Å². The molecule has 4 heteroatoms. The number of hydrogen-bond donors (Lipinski definition) is 1. The summed E-state index contributed by atoms with van der Waals surface area (Å²) < 4.78 is 0. The van der Waals surface area contributed by atoms with E-state index in [1.54, 1.807) is 0 Å². The molecule has 2 fully saturated rings. The van der Waals surface area contributed by atoms with Crippen molar-refractivity contribution in [1.82, 2.24) is 14.8 Å². The molecule has 1 aromatic heterocycles. The van der Waals surface area contributed by atoms with E-state index in [1.807, 2.05) is 12.1 Å². The first-order valence-corrected chi connectivity index (χ1v) is 7.42. The van der Waals surface area contributed by atoms with Crippen LogP contribution in [0.1, 0.15) is 31.9 Å². The van der Waals surface area contributed by atoms with Crippen molar-refractivity contribution in [2.45, 2.75) is 44.8 Å². The van der Waals surface area contributed by atoms with E-state index in [-0.39, 0.29) is 0 Å². The molecule has 2 unspecified atom stereocenters. The Kier molecular flexibility index (Phi) is 3.71. The summed E-state index contributed by atoms with van der Waals surface area (Å²) in [6.45, 7) is 6.93. The van der Waals surface area contributed by atoms with Gasteiger partial charge in [-0.1, -0.05) is 12.5 Å². The highest BCUT2D eigenvalue weighted by atomic mass is 15.3. The normalized spacial score (nSPS) is 29.1. The number of nitrogens with zero attached hydrogens (tertiary/aromatic N) is 3. The summed E-state index contributed by atoms with van der Waals surface area (Å²) in [4.78, 5) is 9.67. The number of nitrogen functional groups attached to an aromatic ring is 1. The van der Waals surface area contributed by atoms with E-state index in [2.05, 4.69) is 27.8 Å². The molecule has 2 N–H and O–H groups in total. The molecule has 2 saturated heterocycles. The fourth-order valence-electron chi connectivity index (χ4n) is 3.43. The van der Waals surface area contributed by atoms with Crippen molar-refractivity contribution in [3.63, 3.8) is 0 Å². The lowest BCUT2D eigenvalue weighted by atomic mass is 9.97. The van der Waals surface area contributed by atoms with Gasteiger partial charge in [0, 0.05) is 31.7 Å². The van der Waals surface area contributed by atoms with Crippen LogP contribution in [0.15, 0.2) is 18.2 Å². The molecule has 1 aromatic rings. The summed E-state index contributed by atoms with van der Waals surface area (Å²) in [5.41, 5.74) is 6.86. The van der Waals surface area contributed by atoms with Crippen molar-refractivity contribution in [2.24, 2.45) is 0 Å². The van der Waals surface area contributed by atoms with Gasteiger partial charge in [-0.25, -0.2) is 4.98 Å². The molecule has 0 bridgehead atoms. The average molecular weight is 260 g/mol. The second kappa shape index (κ2) is 5.47. The minimum absolute atomic E-state index is 0.609. The lowest BCUT2D eigenvalue weighted by Crippen LogP contribution is -2.58. The van der Waals surface area contributed by atoms with Crippen molar-refractivity contribution < 1.29 is 0 Å². The van der Waals surface area contributed by atoms with E-state index in [0.717, 1.165) is 18.3 Å². The van der Waals surface area contributed by atoms with Crippen molar-refractivity contribution in [3.8, 4) is 0 Å². The van der Waals surface area contributed by atoms with Crippen LogP contribution in [0.25, 0.3) is 0 Å². The molecule has 0 radical (unpaired) electrons. The second-order valence-electron chi connectivity index (χ2n) is 5.98. The molecule has 0 aromatic carbocycles. The first-order chi connectivity index (χ1) is 9.22. The maximum Gasteiger partial charge on any atom is 0.123 e. The molecule has 3 rings (SSSR count). The number of piperazine rings is 1. The summed E-state index contributed by atoms with van der Waals surface area (Å²) in [6, 6.07) is 7.30. The molecule has 19 heavy (non-hydrogen) atoms. The highest BCUT2D eigenvalue weighted by Crippen LogP contribution is 2.24. The Hall–Kier alpha value is -1.13. The molecule has 0 aliphatic carbocycles. The Labute approximate surface area is 115 Å². The van der Waals surface area contributed by atoms with Crippen molar-refractivity contribution in [2.75, 3.05) is 25.4 Å². The first-order valence-electron chi connectivity index (χ1n) is 7.42. The summed E-state index contributed by atoms with van der Waals surface area (Å²) in [5.74, 6) is 0.626. The summed E-state index contributed by atoms with van der Waals surface area (Å²) >= 11 is 0. The van der Waals surface area contributed by atoms with Gasteiger partial charge >= 0.3 is 0 Å². The smallest absolute Gasteiger partial charge is 0.123 e. The van der Waals surface area contributed by atoms with Crippen LogP contribution in [0.5, 0.6) is 0 Å². The zero-order chi connectivity index (χ0) is 13.2. The quantitative estimate of drug-likeness (QED) is 0.879. The standard InChI is InChI=1S/C15H24N4/c1-12-9-18-8-3-2-6-14(18)11-19(12)10-13-5-4-7-15(16)17-13/h4-5,7,12,14H,2-3,6,8-11H2,1H3,(H2,16,17). The second-order valence-corrected chi connectivity index (χ2v) is 5.98. The maximum atomic E-state index is 5.77. The molecule has 104 valence electrons. The van der Waals surface area contributed by atoms with Crippen LogP contribution in [0, 0.1) is 0 Å². The van der Waals surface area contributed by atoms with Crippen LogP contribution in [0.4, 0.5) is 5.82 Å². The van der Waals surface area contributed by atoms with Crippen LogP contribution in [0.2, 0.25) is 0 Å². The van der Waals surface area contributed by atoms with E-state index >= 15 is 0 Å². The summed E-state index contributed by atoms with van der Waals surface area (Å²) in [7, 11) is 0. The number of fused-ring (bicyclic) bond motifs is 1. The van der Waals surface area contributed by atoms with E-state index in [0.29, 0.717) is 11.9 Å². The van der Waals surface area contributed by atoms with Crippen molar-refractivity contribution in [3.05, 3.63) is 23.9 Å². The fourth-order valence-corrected chi connectivity index (χ4v) is 3.43. The van der Waals surface area contributed by atoms with E-state index < -0.39 is 0 Å². The number of rotatable bonds is 2. The maximum absolute atomic E-state index is 5.77. The number of pyridine rings is 1. The van der Waals surface area contributed by atoms with Gasteiger partial charge in [0.2, 0.25) is 0 Å². The Morgan fingerprint density at radius 3 is 3.05 bits per heavy atom. The predicted molar refractivity (Wildman–Crippen MR) is 77.7 cm³/mol. The molecule has 2 aliphatic rings. The van der Waals surface area contributed by atoms with Crippen LogP contribution in [-0.4, -0.2) is 46.5 Å². The third kappa shape index (κ3) is 2.90. The number of piperidine rings is 1. The number of aromatic nitrogens is 1. The Balaban J connectivity index is 1.67. The molecule has 2 aliphatic heterocycles. The number of nitrogens with two attached hydrogens (primary N) is 1. The molecule has 2 atom stereocenters. The minimum atomic E-state index is 0.609. The number of anilines is 1. The fraction of sp³-hybridized carbons (Fsp3) is 0.667. The SMILES string of the molecule is CC1CN2CCCCC2CN1Cc1cccc(N)n1. The van der Waals surface area contributed by atoms with Crippen LogP contribution in [0.3, 0.4) is 0 Å². The van der Waals surface area contributed by atoms with Crippen LogP contribution in [-0.2, 0) is 6.54 Å². The van der Waals surface area contributed by atoms with Crippen molar-refractivity contribution >= 4 is 5.82 Å². The Morgan fingerprint density at radius 1 is 1.32 bits per heavy atom. The average Bonchev–Trinajstić information content (AvgIpc) is 2.40. The topological polar surface area (TPSA) is 45.4 Å². The van der Waals surface area contributed by atoms with Crippen LogP contribution < -0.4 is 5.73 Å². The third-order valence-electron chi connectivity index (χ3n) is 4.51. The molecule has 0 saturated carbocycles. The lowest BCUT2D eigenvalue weighted by molar-refractivity contribution is 0.0105. The summed E-state index contributed by atoms with van der Waals surface area (Å²) in [6.07, 6.45) is 4.12. The van der Waals surface area contributed by atoms with Crippen LogP contribution >= 0.6 is 0 Å². The van der Waals surface area contributed by atoms with E-state index in [1.165, 1.54) is 38.9 Å². The van der Waals surface area contributed by atoms with Gasteiger partial charge in [0.05, 0.1) is 5.69 Å². The van der Waals surface area contributed by atoms with Gasteiger partial charge in [-0.05, 0) is 38.4 Å². The molecule has 4 nitrogen and oxygen atoms in total. The Bertz CT molecular complexity index is 434. The minimum Gasteiger partial charge on any atom is -0.384 e. The molecular weight excluding hydrogens is 236 g/mol. The third-order valence-corrected chi connectivity index (χ3v) is 4.51. The summed E-state index contributed by atoms with van der Waals surface area (Å²) in [5, 5.41) is 0. The Morgan fingerprint density at radius 2 is 2.21 bits per heavy atom. The van der Waals surface area contributed by atoms with Gasteiger partial charge in [-0.15, -0.1) is 0 Å². The predicted octanol–water partition coefficient (Wildman–Crippen LogP) is 1.72. The van der Waals surface area contributed by atoms with Gasteiger partial charge in [0.1, 0.15) is 5.82 Å². The first kappa shape index (κ1) is 12.9. The highest BCUT2D eigenvalue weighted by molar-refractivity contribution is 5.28. The highest BCUT2D eigenvalue weighted by Gasteiger charge is 2.32.